The first kappa shape index (κ1) is 23.1. The summed E-state index contributed by atoms with van der Waals surface area (Å²) >= 11 is 0. The Balaban J connectivity index is -0.0000000542. The fourth-order valence-corrected chi connectivity index (χ4v) is 0.440. The van der Waals surface area contributed by atoms with Crippen molar-refractivity contribution in [2.24, 2.45) is 0 Å². The Labute approximate surface area is 89.2 Å². The maximum Gasteiger partial charge on any atom is 0.0701 e. The molecule has 0 bridgehead atoms. The molecule has 1 aliphatic rings. The number of hydrogen-bond acceptors (Lipinski definition) is 2. The maximum absolute atomic E-state index is 4.94. The summed E-state index contributed by atoms with van der Waals surface area (Å²) in [6.45, 7) is 27.1. The molecule has 0 aromatic heterocycles. The molecule has 0 aliphatic carbocycles. The van der Waals surface area contributed by atoms with Gasteiger partial charge in [0.2, 0.25) is 0 Å². The minimum absolute atomic E-state index is 0.778. The second-order valence-corrected chi connectivity index (χ2v) is 1.22. The van der Waals surface area contributed by atoms with Gasteiger partial charge in [-0.05, 0) is 0 Å². The quantitative estimate of drug-likeness (QED) is 0.559. The van der Waals surface area contributed by atoms with Crippen LogP contribution in [-0.2, 0) is 9.47 Å². The third kappa shape index (κ3) is 44.6. The molecule has 0 radical (unpaired) electrons. The highest BCUT2D eigenvalue weighted by atomic mass is 16.6. The van der Waals surface area contributed by atoms with Gasteiger partial charge in [0.05, 0.1) is 26.4 Å². The summed E-state index contributed by atoms with van der Waals surface area (Å²) in [7, 11) is 0. The van der Waals surface area contributed by atoms with E-state index in [0.29, 0.717) is 0 Å². The Morgan fingerprint density at radius 1 is 0.429 bits per heavy atom. The lowest BCUT2D eigenvalue weighted by atomic mass is 10.6. The first-order valence-corrected chi connectivity index (χ1v) is 4.15. The summed E-state index contributed by atoms with van der Waals surface area (Å²) in [5.41, 5.74) is 0. The smallest absolute Gasteiger partial charge is 0.0701 e. The molecule has 14 heavy (non-hydrogen) atoms. The van der Waals surface area contributed by atoms with Crippen LogP contribution in [0.15, 0.2) is 52.6 Å². The van der Waals surface area contributed by atoms with Crippen molar-refractivity contribution in [1.29, 1.82) is 0 Å². The average Bonchev–Trinajstić information content (AvgIpc) is 2.41. The molecule has 2 heteroatoms. The molecule has 0 N–H and O–H groups in total. The molecule has 0 saturated carbocycles. The zero-order chi connectivity index (χ0) is 12.2. The van der Waals surface area contributed by atoms with Crippen molar-refractivity contribution in [1.82, 2.24) is 0 Å². The number of hydrogen-bond donors (Lipinski definition) is 0. The van der Waals surface area contributed by atoms with Gasteiger partial charge < -0.3 is 9.47 Å². The number of rotatable bonds is 0. The Morgan fingerprint density at radius 3 is 0.643 bits per heavy atom. The van der Waals surface area contributed by atoms with Gasteiger partial charge >= 0.3 is 0 Å². The second kappa shape index (κ2) is 59.1. The van der Waals surface area contributed by atoms with E-state index in [1.54, 1.807) is 0 Å². The second-order valence-electron chi connectivity index (χ2n) is 1.22. The van der Waals surface area contributed by atoms with Crippen molar-refractivity contribution in [3.8, 4) is 0 Å². The molecule has 84 valence electrons. The summed E-state index contributed by atoms with van der Waals surface area (Å²) in [6.07, 6.45) is 0. The molecule has 2 nitrogen and oxygen atoms in total. The summed E-state index contributed by atoms with van der Waals surface area (Å²) in [5, 5.41) is 0. The van der Waals surface area contributed by atoms with Gasteiger partial charge in [-0.25, -0.2) is 0 Å². The predicted molar refractivity (Wildman–Crippen MR) is 66.7 cm³/mol. The van der Waals surface area contributed by atoms with Crippen LogP contribution in [0.5, 0.6) is 0 Å². The Hall–Kier alpha value is -1.12. The molecule has 0 aromatic carbocycles. The van der Waals surface area contributed by atoms with E-state index in [9.17, 15) is 0 Å². The molecular weight excluding hydrogens is 176 g/mol. The van der Waals surface area contributed by atoms with Crippen LogP contribution in [-0.4, -0.2) is 26.4 Å². The fourth-order valence-electron chi connectivity index (χ4n) is 0.440. The molecular formula is C12H24O2. The van der Waals surface area contributed by atoms with Crippen LogP contribution in [0.2, 0.25) is 0 Å². The third-order valence-corrected chi connectivity index (χ3v) is 0.744. The van der Waals surface area contributed by atoms with Crippen molar-refractivity contribution in [2.75, 3.05) is 26.4 Å². The van der Waals surface area contributed by atoms with Crippen LogP contribution >= 0.6 is 0 Å². The van der Waals surface area contributed by atoms with Gasteiger partial charge in [-0.3, -0.25) is 0 Å². The van der Waals surface area contributed by atoms with Crippen LogP contribution in [0.1, 0.15) is 0 Å². The summed E-state index contributed by atoms with van der Waals surface area (Å²) in [4.78, 5) is 0. The van der Waals surface area contributed by atoms with Gasteiger partial charge in [-0.2, -0.15) is 0 Å². The summed E-state index contributed by atoms with van der Waals surface area (Å²) in [5.74, 6) is 0. The van der Waals surface area contributed by atoms with Crippen molar-refractivity contribution >= 4 is 0 Å². The Kier molecular flexibility index (Phi) is 97.2. The topological polar surface area (TPSA) is 18.5 Å². The van der Waals surface area contributed by atoms with Gasteiger partial charge in [0.1, 0.15) is 0 Å². The molecule has 0 atom stereocenters. The molecule has 1 aliphatic heterocycles. The van der Waals surface area contributed by atoms with E-state index < -0.39 is 0 Å². The average molecular weight is 200 g/mol. The lowest BCUT2D eigenvalue weighted by Crippen LogP contribution is -2.16. The molecule has 1 rings (SSSR count). The van der Waals surface area contributed by atoms with E-state index in [0.717, 1.165) is 26.4 Å². The standard InChI is InChI=1S/C4H8O2.4C2H4/c1-2-6-4-3-5-1;4*1-2/h1-4H2;4*1-2H2. The van der Waals surface area contributed by atoms with Crippen molar-refractivity contribution in [3.63, 3.8) is 0 Å². The van der Waals surface area contributed by atoms with Gasteiger partial charge in [0.15, 0.2) is 0 Å². The van der Waals surface area contributed by atoms with Gasteiger partial charge in [0, 0.05) is 0 Å². The van der Waals surface area contributed by atoms with Gasteiger partial charge in [0.25, 0.3) is 0 Å². The van der Waals surface area contributed by atoms with Crippen molar-refractivity contribution in [3.05, 3.63) is 52.6 Å². The molecule has 0 aromatic rings. The molecule has 0 unspecified atom stereocenters. The van der Waals surface area contributed by atoms with Crippen LogP contribution in [0, 0.1) is 0 Å². The first-order chi connectivity index (χ1) is 7.00. The lowest BCUT2D eigenvalue weighted by molar-refractivity contribution is -0.0334. The molecule has 1 heterocycles. The highest BCUT2D eigenvalue weighted by Gasteiger charge is 1.94. The zero-order valence-electron chi connectivity index (χ0n) is 9.30. The minimum atomic E-state index is 0.778. The summed E-state index contributed by atoms with van der Waals surface area (Å²) < 4.78 is 9.89. The van der Waals surface area contributed by atoms with E-state index in [1.165, 1.54) is 0 Å². The highest BCUT2D eigenvalue weighted by molar-refractivity contribution is 4.37. The molecule has 0 spiro atoms. The van der Waals surface area contributed by atoms with E-state index in [2.05, 4.69) is 52.6 Å². The highest BCUT2D eigenvalue weighted by Crippen LogP contribution is 1.85. The van der Waals surface area contributed by atoms with E-state index in [-0.39, 0.29) is 0 Å². The van der Waals surface area contributed by atoms with E-state index in [4.69, 9.17) is 9.47 Å². The maximum atomic E-state index is 4.94. The molecule has 1 saturated heterocycles. The van der Waals surface area contributed by atoms with Gasteiger partial charge in [-0.15, -0.1) is 52.6 Å². The largest absolute Gasteiger partial charge is 0.377 e. The number of ether oxygens (including phenoxy) is 2. The predicted octanol–water partition coefficient (Wildman–Crippen LogP) is 3.24. The minimum Gasteiger partial charge on any atom is -0.377 e. The normalized spacial score (nSPS) is 11.4. The zero-order valence-corrected chi connectivity index (χ0v) is 9.30. The van der Waals surface area contributed by atoms with Crippen LogP contribution in [0.3, 0.4) is 0 Å². The molecule has 1 fully saturated rings. The fraction of sp³-hybridized carbons (Fsp3) is 0.333. The van der Waals surface area contributed by atoms with E-state index >= 15 is 0 Å². The SMILES string of the molecule is C1COCCO1.C=C.C=C.C=C.C=C. The van der Waals surface area contributed by atoms with Crippen LogP contribution in [0.25, 0.3) is 0 Å². The third-order valence-electron chi connectivity index (χ3n) is 0.744. The first-order valence-electron chi connectivity index (χ1n) is 4.15. The van der Waals surface area contributed by atoms with Gasteiger partial charge in [-0.1, -0.05) is 0 Å². The Morgan fingerprint density at radius 2 is 0.571 bits per heavy atom. The lowest BCUT2D eigenvalue weighted by Gasteiger charge is -2.09. The summed E-state index contributed by atoms with van der Waals surface area (Å²) in [6, 6.07) is 0. The van der Waals surface area contributed by atoms with Crippen molar-refractivity contribution < 1.29 is 9.47 Å². The van der Waals surface area contributed by atoms with Crippen LogP contribution in [0.4, 0.5) is 0 Å². The Bertz CT molecular complexity index is 51.2. The van der Waals surface area contributed by atoms with E-state index in [1.807, 2.05) is 0 Å². The monoisotopic (exact) mass is 200 g/mol. The molecule has 0 amide bonds. The van der Waals surface area contributed by atoms with Crippen molar-refractivity contribution in [2.45, 2.75) is 0 Å². The van der Waals surface area contributed by atoms with Crippen LogP contribution < -0.4 is 0 Å².